The number of aryl methyl sites for hydroxylation is 1. The minimum Gasteiger partial charge on any atom is -0.315 e. The van der Waals surface area contributed by atoms with Crippen molar-refractivity contribution in [2.24, 2.45) is 13.0 Å². The lowest BCUT2D eigenvalue weighted by Gasteiger charge is -2.35. The fourth-order valence-corrected chi connectivity index (χ4v) is 4.89. The molecule has 1 N–H and O–H groups in total. The zero-order chi connectivity index (χ0) is 12.8. The molecule has 6 nitrogen and oxygen atoms in total. The van der Waals surface area contributed by atoms with Gasteiger partial charge in [0.1, 0.15) is 0 Å². The molecule has 2 saturated heterocycles. The topological polar surface area (TPSA) is 67.2 Å². The highest BCUT2D eigenvalue weighted by molar-refractivity contribution is 7.89. The third kappa shape index (κ3) is 1.77. The Morgan fingerprint density at radius 3 is 3.00 bits per heavy atom. The van der Waals surface area contributed by atoms with Crippen LogP contribution < -0.4 is 5.32 Å². The van der Waals surface area contributed by atoms with E-state index in [-0.39, 0.29) is 11.1 Å². The summed E-state index contributed by atoms with van der Waals surface area (Å²) in [6.07, 6.45) is 3.59. The van der Waals surface area contributed by atoms with Gasteiger partial charge in [-0.15, -0.1) is 0 Å². The second-order valence-corrected chi connectivity index (χ2v) is 6.87. The van der Waals surface area contributed by atoms with Gasteiger partial charge in [-0.3, -0.25) is 4.68 Å². The molecule has 2 unspecified atom stereocenters. The minimum atomic E-state index is -3.41. The highest BCUT2D eigenvalue weighted by Gasteiger charge is 2.42. The molecule has 0 saturated carbocycles. The highest BCUT2D eigenvalue weighted by atomic mass is 32.2. The van der Waals surface area contributed by atoms with Crippen molar-refractivity contribution in [3.05, 3.63) is 12.3 Å². The summed E-state index contributed by atoms with van der Waals surface area (Å²) in [4.78, 5) is 0. The average molecular weight is 270 g/mol. The Kier molecular flexibility index (Phi) is 2.91. The molecule has 0 amide bonds. The zero-order valence-corrected chi connectivity index (χ0v) is 11.2. The molecule has 1 aromatic rings. The third-order valence-corrected chi connectivity index (χ3v) is 5.98. The Morgan fingerprint density at radius 2 is 2.28 bits per heavy atom. The monoisotopic (exact) mass is 270 g/mol. The van der Waals surface area contributed by atoms with Gasteiger partial charge in [-0.05, 0) is 31.4 Å². The van der Waals surface area contributed by atoms with Crippen LogP contribution in [-0.4, -0.2) is 48.2 Å². The third-order valence-electron chi connectivity index (χ3n) is 3.98. The number of aromatic nitrogens is 2. The smallest absolute Gasteiger partial charge is 0.260 e. The van der Waals surface area contributed by atoms with Crippen LogP contribution in [0.3, 0.4) is 0 Å². The van der Waals surface area contributed by atoms with Gasteiger partial charge in [0.05, 0.1) is 6.20 Å². The van der Waals surface area contributed by atoms with E-state index in [4.69, 9.17) is 0 Å². The van der Waals surface area contributed by atoms with Gasteiger partial charge in [0.25, 0.3) is 10.0 Å². The van der Waals surface area contributed by atoms with Crippen LogP contribution >= 0.6 is 0 Å². The molecule has 0 aliphatic carbocycles. The summed E-state index contributed by atoms with van der Waals surface area (Å²) in [5.41, 5.74) is 0. The van der Waals surface area contributed by atoms with E-state index in [1.807, 2.05) is 0 Å². The number of piperidine rings is 1. The van der Waals surface area contributed by atoms with E-state index >= 15 is 0 Å². The summed E-state index contributed by atoms with van der Waals surface area (Å²) in [5.74, 6) is 0.460. The van der Waals surface area contributed by atoms with Gasteiger partial charge < -0.3 is 5.32 Å². The first kappa shape index (κ1) is 12.1. The molecule has 0 bridgehead atoms. The van der Waals surface area contributed by atoms with Gasteiger partial charge in [-0.2, -0.15) is 9.40 Å². The first-order valence-corrected chi connectivity index (χ1v) is 7.75. The summed E-state index contributed by atoms with van der Waals surface area (Å²) in [5, 5.41) is 7.54. The van der Waals surface area contributed by atoms with E-state index in [1.165, 1.54) is 10.9 Å². The number of nitrogens with one attached hydrogen (secondary N) is 1. The maximum atomic E-state index is 12.6. The Hall–Kier alpha value is -0.920. The maximum absolute atomic E-state index is 12.6. The van der Waals surface area contributed by atoms with E-state index in [0.29, 0.717) is 12.5 Å². The zero-order valence-electron chi connectivity index (χ0n) is 10.4. The highest BCUT2D eigenvalue weighted by Crippen LogP contribution is 2.30. The normalized spacial score (nSPS) is 29.4. The quantitative estimate of drug-likeness (QED) is 0.807. The second-order valence-electron chi connectivity index (χ2n) is 5.04. The van der Waals surface area contributed by atoms with E-state index in [2.05, 4.69) is 10.4 Å². The lowest BCUT2D eigenvalue weighted by molar-refractivity contribution is 0.216. The van der Waals surface area contributed by atoms with Crippen molar-refractivity contribution in [2.45, 2.75) is 23.9 Å². The van der Waals surface area contributed by atoms with E-state index < -0.39 is 10.0 Å². The predicted molar refractivity (Wildman–Crippen MR) is 66.5 cm³/mol. The molecule has 2 atom stereocenters. The van der Waals surface area contributed by atoms with E-state index in [9.17, 15) is 8.42 Å². The lowest BCUT2D eigenvalue weighted by Crippen LogP contribution is -2.48. The van der Waals surface area contributed by atoms with Crippen molar-refractivity contribution in [1.82, 2.24) is 19.4 Å². The number of nitrogens with zero attached hydrogens (tertiary/aromatic N) is 3. The molecule has 3 rings (SSSR count). The fraction of sp³-hybridized carbons (Fsp3) is 0.727. The van der Waals surface area contributed by atoms with Crippen molar-refractivity contribution in [1.29, 1.82) is 0 Å². The number of sulfonamides is 1. The van der Waals surface area contributed by atoms with Gasteiger partial charge in [-0.1, -0.05) is 0 Å². The SMILES string of the molecule is Cn1nccc1S(=O)(=O)N1CCCC2CNCC21. The Balaban J connectivity index is 1.96. The van der Waals surface area contributed by atoms with Crippen LogP contribution in [0.2, 0.25) is 0 Å². The maximum Gasteiger partial charge on any atom is 0.260 e. The van der Waals surface area contributed by atoms with Gasteiger partial charge in [0, 0.05) is 26.2 Å². The molecule has 7 heteroatoms. The van der Waals surface area contributed by atoms with Crippen LogP contribution in [0.4, 0.5) is 0 Å². The van der Waals surface area contributed by atoms with E-state index in [1.54, 1.807) is 17.4 Å². The number of hydrogen-bond acceptors (Lipinski definition) is 4. The van der Waals surface area contributed by atoms with Crippen molar-refractivity contribution in [3.8, 4) is 0 Å². The number of rotatable bonds is 2. The van der Waals surface area contributed by atoms with Gasteiger partial charge >= 0.3 is 0 Å². The molecular formula is C11H18N4O2S. The van der Waals surface area contributed by atoms with E-state index in [0.717, 1.165) is 25.9 Å². The van der Waals surface area contributed by atoms with Crippen LogP contribution in [0.25, 0.3) is 0 Å². The molecular weight excluding hydrogens is 252 g/mol. The second kappa shape index (κ2) is 4.32. The Bertz CT molecular complexity index is 539. The standard InChI is InChI=1S/C11H18N4O2S/c1-14-11(4-5-13-14)18(16,17)15-6-2-3-9-7-12-8-10(9)15/h4-5,9-10,12H,2-3,6-8H2,1H3. The number of hydrogen-bond donors (Lipinski definition) is 1. The summed E-state index contributed by atoms with van der Waals surface area (Å²) < 4.78 is 28.4. The van der Waals surface area contributed by atoms with Crippen LogP contribution in [-0.2, 0) is 17.1 Å². The Morgan fingerprint density at radius 1 is 1.44 bits per heavy atom. The molecule has 0 spiro atoms. The van der Waals surface area contributed by atoms with Crippen LogP contribution in [0.1, 0.15) is 12.8 Å². The molecule has 0 radical (unpaired) electrons. The molecule has 3 heterocycles. The molecule has 2 aliphatic heterocycles. The van der Waals surface area contributed by atoms with Gasteiger partial charge in [0.2, 0.25) is 0 Å². The molecule has 1 aromatic heterocycles. The molecule has 0 aromatic carbocycles. The first-order valence-electron chi connectivity index (χ1n) is 6.31. The lowest BCUT2D eigenvalue weighted by atomic mass is 9.94. The van der Waals surface area contributed by atoms with Gasteiger partial charge in [-0.25, -0.2) is 8.42 Å². The first-order chi connectivity index (χ1) is 8.60. The minimum absolute atomic E-state index is 0.110. The van der Waals surface area contributed by atoms with Crippen molar-refractivity contribution >= 4 is 10.0 Å². The molecule has 100 valence electrons. The van der Waals surface area contributed by atoms with Crippen molar-refractivity contribution in [3.63, 3.8) is 0 Å². The summed E-state index contributed by atoms with van der Waals surface area (Å²) in [7, 11) is -1.74. The molecule has 2 fully saturated rings. The number of fused-ring (bicyclic) bond motifs is 1. The summed E-state index contributed by atoms with van der Waals surface area (Å²) in [6, 6.07) is 1.68. The largest absolute Gasteiger partial charge is 0.315 e. The van der Waals surface area contributed by atoms with Gasteiger partial charge in [0.15, 0.2) is 5.03 Å². The fourth-order valence-electron chi connectivity index (χ4n) is 3.06. The summed E-state index contributed by atoms with van der Waals surface area (Å²) >= 11 is 0. The molecule has 2 aliphatic rings. The van der Waals surface area contributed by atoms with Crippen LogP contribution in [0.15, 0.2) is 17.3 Å². The predicted octanol–water partition coefficient (Wildman–Crippen LogP) is -0.207. The van der Waals surface area contributed by atoms with Crippen LogP contribution in [0, 0.1) is 5.92 Å². The summed E-state index contributed by atoms with van der Waals surface area (Å²) in [6.45, 7) is 2.32. The average Bonchev–Trinajstić information content (AvgIpc) is 2.96. The van der Waals surface area contributed by atoms with Crippen molar-refractivity contribution < 1.29 is 8.42 Å². The Labute approximate surface area is 107 Å². The van der Waals surface area contributed by atoms with Crippen LogP contribution in [0.5, 0.6) is 0 Å². The molecule has 18 heavy (non-hydrogen) atoms. The van der Waals surface area contributed by atoms with Crippen molar-refractivity contribution in [2.75, 3.05) is 19.6 Å².